The van der Waals surface area contributed by atoms with Crippen molar-refractivity contribution >= 4 is 23.2 Å². The van der Waals surface area contributed by atoms with Gasteiger partial charge in [0.2, 0.25) is 5.88 Å². The van der Waals surface area contributed by atoms with Gasteiger partial charge in [-0.25, -0.2) is 9.37 Å². The predicted molar refractivity (Wildman–Crippen MR) is 68.7 cm³/mol. The van der Waals surface area contributed by atoms with E-state index in [9.17, 15) is 9.18 Å². The molecule has 0 atom stereocenters. The Morgan fingerprint density at radius 1 is 1.42 bits per heavy atom. The molecule has 1 heterocycles. The summed E-state index contributed by atoms with van der Waals surface area (Å²) in [4.78, 5) is 15.1. The summed E-state index contributed by atoms with van der Waals surface area (Å²) in [5, 5.41) is 0.139. The Labute approximate surface area is 112 Å². The van der Waals surface area contributed by atoms with Crippen molar-refractivity contribution in [2.24, 2.45) is 5.73 Å². The van der Waals surface area contributed by atoms with Crippen molar-refractivity contribution < 1.29 is 13.9 Å². The topological polar surface area (TPSA) is 91.2 Å². The van der Waals surface area contributed by atoms with E-state index in [2.05, 4.69) is 4.98 Å². The maximum Gasteiger partial charge on any atom is 0.255 e. The van der Waals surface area contributed by atoms with E-state index in [1.807, 2.05) is 0 Å². The molecule has 0 fully saturated rings. The number of amides is 1. The van der Waals surface area contributed by atoms with Crippen molar-refractivity contribution in [3.63, 3.8) is 0 Å². The van der Waals surface area contributed by atoms with Crippen LogP contribution in [0.25, 0.3) is 0 Å². The van der Waals surface area contributed by atoms with Crippen LogP contribution in [0.15, 0.2) is 30.5 Å². The van der Waals surface area contributed by atoms with Crippen molar-refractivity contribution in [3.05, 3.63) is 46.9 Å². The lowest BCUT2D eigenvalue weighted by Gasteiger charge is -2.10. The smallest absolute Gasteiger partial charge is 0.255 e. The fourth-order valence-electron chi connectivity index (χ4n) is 1.45. The molecule has 0 radical (unpaired) electrons. The number of carbonyl (C=O) groups is 1. The van der Waals surface area contributed by atoms with Gasteiger partial charge >= 0.3 is 0 Å². The first-order chi connectivity index (χ1) is 8.99. The number of nitrogens with zero attached hydrogens (tertiary/aromatic N) is 1. The molecular weight excluding hydrogens is 273 g/mol. The molecule has 0 saturated heterocycles. The molecule has 1 amide bonds. The van der Waals surface area contributed by atoms with E-state index in [-0.39, 0.29) is 22.2 Å². The van der Waals surface area contributed by atoms with Gasteiger partial charge in [-0.15, -0.1) is 0 Å². The minimum atomic E-state index is -0.945. The third-order valence-electron chi connectivity index (χ3n) is 2.26. The van der Waals surface area contributed by atoms with E-state index in [0.29, 0.717) is 5.69 Å². The van der Waals surface area contributed by atoms with Crippen LogP contribution in [0.1, 0.15) is 10.4 Å². The molecule has 98 valence electrons. The molecule has 2 aromatic rings. The Morgan fingerprint density at radius 3 is 2.79 bits per heavy atom. The van der Waals surface area contributed by atoms with Crippen LogP contribution in [0.5, 0.6) is 11.6 Å². The highest BCUT2D eigenvalue weighted by Gasteiger charge is 2.17. The fraction of sp³-hybridized carbons (Fsp3) is 0. The maximum atomic E-state index is 13.5. The largest absolute Gasteiger partial charge is 0.437 e. The first-order valence-electron chi connectivity index (χ1n) is 5.16. The molecule has 0 aliphatic heterocycles. The molecule has 4 N–H and O–H groups in total. The number of halogens is 2. The highest BCUT2D eigenvalue weighted by atomic mass is 35.5. The molecule has 19 heavy (non-hydrogen) atoms. The minimum absolute atomic E-state index is 0.00367. The SMILES string of the molecule is NC(=O)c1c(F)cccc1Oc1ncc(N)cc1Cl. The van der Waals surface area contributed by atoms with Crippen LogP contribution in [0.4, 0.5) is 10.1 Å². The van der Waals surface area contributed by atoms with Crippen LogP contribution in [0.2, 0.25) is 5.02 Å². The van der Waals surface area contributed by atoms with E-state index in [0.717, 1.165) is 6.07 Å². The van der Waals surface area contributed by atoms with Gasteiger partial charge in [-0.1, -0.05) is 17.7 Å². The second-order valence-corrected chi connectivity index (χ2v) is 4.04. The quantitative estimate of drug-likeness (QED) is 0.903. The summed E-state index contributed by atoms with van der Waals surface area (Å²) in [6.45, 7) is 0. The van der Waals surface area contributed by atoms with Gasteiger partial charge in [-0.05, 0) is 18.2 Å². The van der Waals surface area contributed by atoms with Gasteiger partial charge < -0.3 is 16.2 Å². The molecule has 0 unspecified atom stereocenters. The zero-order valence-corrected chi connectivity index (χ0v) is 10.3. The van der Waals surface area contributed by atoms with Crippen LogP contribution in [0, 0.1) is 5.82 Å². The van der Waals surface area contributed by atoms with Gasteiger partial charge in [0.1, 0.15) is 22.2 Å². The van der Waals surface area contributed by atoms with E-state index < -0.39 is 11.7 Å². The number of nitrogen functional groups attached to an aromatic ring is 1. The molecule has 5 nitrogen and oxygen atoms in total. The number of hydrogen-bond donors (Lipinski definition) is 2. The van der Waals surface area contributed by atoms with Gasteiger partial charge in [0.05, 0.1) is 11.9 Å². The van der Waals surface area contributed by atoms with Crippen LogP contribution in [-0.4, -0.2) is 10.9 Å². The lowest BCUT2D eigenvalue weighted by atomic mass is 10.2. The van der Waals surface area contributed by atoms with E-state index in [1.54, 1.807) is 0 Å². The van der Waals surface area contributed by atoms with Crippen LogP contribution in [0.3, 0.4) is 0 Å². The number of ether oxygens (including phenoxy) is 1. The highest BCUT2D eigenvalue weighted by molar-refractivity contribution is 6.32. The Hall–Kier alpha value is -2.34. The summed E-state index contributed by atoms with van der Waals surface area (Å²) in [7, 11) is 0. The molecule has 0 saturated carbocycles. The molecule has 0 aliphatic rings. The van der Waals surface area contributed by atoms with Gasteiger partial charge in [0, 0.05) is 0 Å². The highest BCUT2D eigenvalue weighted by Crippen LogP contribution is 2.31. The molecule has 7 heteroatoms. The lowest BCUT2D eigenvalue weighted by molar-refractivity contribution is 0.0994. The third-order valence-corrected chi connectivity index (χ3v) is 2.53. The molecule has 0 spiro atoms. The van der Waals surface area contributed by atoms with Gasteiger partial charge in [0.15, 0.2) is 0 Å². The second kappa shape index (κ2) is 5.11. The summed E-state index contributed by atoms with van der Waals surface area (Å²) in [5.74, 6) is -1.79. The summed E-state index contributed by atoms with van der Waals surface area (Å²) < 4.78 is 18.8. The van der Waals surface area contributed by atoms with Crippen molar-refractivity contribution in [2.45, 2.75) is 0 Å². The summed E-state index contributed by atoms with van der Waals surface area (Å²) in [5.41, 5.74) is 10.6. The molecule has 1 aromatic heterocycles. The van der Waals surface area contributed by atoms with Gasteiger partial charge in [-0.3, -0.25) is 4.79 Å². The third kappa shape index (κ3) is 2.74. The number of hydrogen-bond acceptors (Lipinski definition) is 4. The number of primary amides is 1. The number of carbonyl (C=O) groups excluding carboxylic acids is 1. The van der Waals surface area contributed by atoms with Gasteiger partial charge in [0.25, 0.3) is 5.91 Å². The summed E-state index contributed by atoms with van der Waals surface area (Å²) in [6, 6.07) is 5.29. The standard InChI is InChI=1S/C12H9ClFN3O2/c13-7-4-6(15)5-17-12(7)19-9-3-1-2-8(14)10(9)11(16)18/h1-5H,15H2,(H2,16,18). The van der Waals surface area contributed by atoms with Gasteiger partial charge in [-0.2, -0.15) is 0 Å². The van der Waals surface area contributed by atoms with E-state index in [1.165, 1.54) is 24.4 Å². The Balaban J connectivity index is 2.44. The first kappa shape index (κ1) is 13.1. The average molecular weight is 282 g/mol. The van der Waals surface area contributed by atoms with Crippen LogP contribution < -0.4 is 16.2 Å². The van der Waals surface area contributed by atoms with Crippen LogP contribution >= 0.6 is 11.6 Å². The number of anilines is 1. The Bertz CT molecular complexity index is 649. The van der Waals surface area contributed by atoms with E-state index >= 15 is 0 Å². The molecule has 0 bridgehead atoms. The zero-order chi connectivity index (χ0) is 14.0. The predicted octanol–water partition coefficient (Wildman–Crippen LogP) is 2.35. The number of pyridine rings is 1. The van der Waals surface area contributed by atoms with Crippen molar-refractivity contribution in [1.82, 2.24) is 4.98 Å². The lowest BCUT2D eigenvalue weighted by Crippen LogP contribution is -2.14. The van der Waals surface area contributed by atoms with E-state index in [4.69, 9.17) is 27.8 Å². The number of nitrogens with two attached hydrogens (primary N) is 2. The normalized spacial score (nSPS) is 10.2. The van der Waals surface area contributed by atoms with Crippen LogP contribution in [-0.2, 0) is 0 Å². The molecule has 2 rings (SSSR count). The first-order valence-corrected chi connectivity index (χ1v) is 5.54. The molecule has 1 aromatic carbocycles. The molecule has 0 aliphatic carbocycles. The van der Waals surface area contributed by atoms with Crippen molar-refractivity contribution in [1.29, 1.82) is 0 Å². The minimum Gasteiger partial charge on any atom is -0.437 e. The van der Waals surface area contributed by atoms with Crippen molar-refractivity contribution in [3.8, 4) is 11.6 Å². The zero-order valence-electron chi connectivity index (χ0n) is 9.56. The number of benzene rings is 1. The van der Waals surface area contributed by atoms with Crippen molar-refractivity contribution in [2.75, 3.05) is 5.73 Å². The Morgan fingerprint density at radius 2 is 2.16 bits per heavy atom. The summed E-state index contributed by atoms with van der Waals surface area (Å²) >= 11 is 5.87. The maximum absolute atomic E-state index is 13.5. The number of aromatic nitrogens is 1. The second-order valence-electron chi connectivity index (χ2n) is 3.63. The summed E-state index contributed by atoms with van der Waals surface area (Å²) in [6.07, 6.45) is 1.32. The average Bonchev–Trinajstić information content (AvgIpc) is 2.32. The monoisotopic (exact) mass is 281 g/mol. The fourth-order valence-corrected chi connectivity index (χ4v) is 1.66. The Kier molecular flexibility index (Phi) is 3.52. The molecular formula is C12H9ClFN3O2. The number of rotatable bonds is 3.